The second-order valence-electron chi connectivity index (χ2n) is 5.67. The third kappa shape index (κ3) is 3.08. The van der Waals surface area contributed by atoms with E-state index in [2.05, 4.69) is 31.3 Å². The van der Waals surface area contributed by atoms with Gasteiger partial charge in [-0.1, -0.05) is 18.2 Å². The molecule has 2 nitrogen and oxygen atoms in total. The fraction of sp³-hybridized carbons (Fsp3) is 0.333. The van der Waals surface area contributed by atoms with Gasteiger partial charge in [0, 0.05) is 24.6 Å². The van der Waals surface area contributed by atoms with Crippen LogP contribution >= 0.6 is 0 Å². The van der Waals surface area contributed by atoms with Crippen LogP contribution < -0.4 is 10.1 Å². The quantitative estimate of drug-likeness (QED) is 0.918. The van der Waals surface area contributed by atoms with Crippen molar-refractivity contribution in [1.82, 2.24) is 5.32 Å². The van der Waals surface area contributed by atoms with Crippen LogP contribution in [0.1, 0.15) is 34.7 Å². The lowest BCUT2D eigenvalue weighted by atomic mass is 9.96. The van der Waals surface area contributed by atoms with Gasteiger partial charge in [-0.15, -0.1) is 0 Å². The van der Waals surface area contributed by atoms with Crippen LogP contribution in [-0.4, -0.2) is 6.61 Å². The summed E-state index contributed by atoms with van der Waals surface area (Å²) >= 11 is 0. The molecule has 0 spiro atoms. The minimum absolute atomic E-state index is 0.193. The Labute approximate surface area is 125 Å². The van der Waals surface area contributed by atoms with Gasteiger partial charge in [-0.3, -0.25) is 0 Å². The van der Waals surface area contributed by atoms with Crippen molar-refractivity contribution in [3.63, 3.8) is 0 Å². The zero-order valence-electron chi connectivity index (χ0n) is 12.4. The van der Waals surface area contributed by atoms with Gasteiger partial charge in [-0.2, -0.15) is 0 Å². The molecule has 0 bridgehead atoms. The Morgan fingerprint density at radius 2 is 1.86 bits per heavy atom. The molecule has 3 rings (SSSR count). The molecule has 110 valence electrons. The highest BCUT2D eigenvalue weighted by Crippen LogP contribution is 2.34. The molecule has 0 fully saturated rings. The lowest BCUT2D eigenvalue weighted by Gasteiger charge is -2.28. The van der Waals surface area contributed by atoms with E-state index < -0.39 is 0 Å². The standard InChI is InChI=1S/C18H20FNO/c1-12-9-16-17(7-8-21-18(16)10-13(12)2)20-11-14-3-5-15(19)6-4-14/h3-6,9-10,17,20H,7-8,11H2,1-2H3. The van der Waals surface area contributed by atoms with Crippen molar-refractivity contribution in [1.29, 1.82) is 0 Å². The maximum absolute atomic E-state index is 12.9. The van der Waals surface area contributed by atoms with Crippen LogP contribution in [0.25, 0.3) is 0 Å². The van der Waals surface area contributed by atoms with Gasteiger partial charge in [0.25, 0.3) is 0 Å². The molecule has 0 amide bonds. The fourth-order valence-electron chi connectivity index (χ4n) is 2.71. The third-order valence-electron chi connectivity index (χ3n) is 4.13. The van der Waals surface area contributed by atoms with Crippen LogP contribution in [0.4, 0.5) is 4.39 Å². The van der Waals surface area contributed by atoms with Crippen molar-refractivity contribution in [3.8, 4) is 5.75 Å². The predicted molar refractivity (Wildman–Crippen MR) is 82.0 cm³/mol. The molecule has 1 aliphatic heterocycles. The van der Waals surface area contributed by atoms with E-state index in [4.69, 9.17) is 4.74 Å². The summed E-state index contributed by atoms with van der Waals surface area (Å²) < 4.78 is 18.7. The largest absolute Gasteiger partial charge is 0.493 e. The molecule has 21 heavy (non-hydrogen) atoms. The van der Waals surface area contributed by atoms with Gasteiger partial charge in [0.2, 0.25) is 0 Å². The van der Waals surface area contributed by atoms with E-state index in [0.29, 0.717) is 0 Å². The number of halogens is 1. The van der Waals surface area contributed by atoms with E-state index in [-0.39, 0.29) is 11.9 Å². The van der Waals surface area contributed by atoms with Crippen molar-refractivity contribution in [3.05, 3.63) is 64.5 Å². The van der Waals surface area contributed by atoms with Gasteiger partial charge in [0.05, 0.1) is 6.61 Å². The number of fused-ring (bicyclic) bond motifs is 1. The number of ether oxygens (including phenoxy) is 1. The van der Waals surface area contributed by atoms with E-state index in [1.165, 1.54) is 28.8 Å². The Kier molecular flexibility index (Phi) is 3.93. The Hall–Kier alpha value is -1.87. The van der Waals surface area contributed by atoms with E-state index in [0.717, 1.165) is 30.9 Å². The monoisotopic (exact) mass is 285 g/mol. The van der Waals surface area contributed by atoms with Crippen LogP contribution in [0.2, 0.25) is 0 Å². The second-order valence-corrected chi connectivity index (χ2v) is 5.67. The lowest BCUT2D eigenvalue weighted by Crippen LogP contribution is -2.27. The smallest absolute Gasteiger partial charge is 0.124 e. The van der Waals surface area contributed by atoms with Crippen LogP contribution in [0.15, 0.2) is 36.4 Å². The van der Waals surface area contributed by atoms with E-state index in [1.807, 2.05) is 12.1 Å². The molecule has 0 radical (unpaired) electrons. The zero-order chi connectivity index (χ0) is 14.8. The first-order valence-electron chi connectivity index (χ1n) is 7.35. The Balaban J connectivity index is 1.76. The molecule has 0 saturated carbocycles. The van der Waals surface area contributed by atoms with Crippen molar-refractivity contribution in [2.24, 2.45) is 0 Å². The minimum atomic E-state index is -0.193. The normalized spacial score (nSPS) is 17.2. The number of hydrogen-bond acceptors (Lipinski definition) is 2. The molecule has 0 aromatic heterocycles. The summed E-state index contributed by atoms with van der Waals surface area (Å²) in [6.45, 7) is 5.70. The highest BCUT2D eigenvalue weighted by molar-refractivity contribution is 5.44. The first-order valence-corrected chi connectivity index (χ1v) is 7.35. The maximum Gasteiger partial charge on any atom is 0.124 e. The molecule has 1 atom stereocenters. The lowest BCUT2D eigenvalue weighted by molar-refractivity contribution is 0.252. The van der Waals surface area contributed by atoms with Crippen molar-refractivity contribution < 1.29 is 9.13 Å². The molecule has 3 heteroatoms. The summed E-state index contributed by atoms with van der Waals surface area (Å²) in [7, 11) is 0. The Morgan fingerprint density at radius 1 is 1.14 bits per heavy atom. The van der Waals surface area contributed by atoms with E-state index in [1.54, 1.807) is 0 Å². The molecule has 1 N–H and O–H groups in total. The van der Waals surface area contributed by atoms with Crippen molar-refractivity contribution in [2.75, 3.05) is 6.61 Å². The maximum atomic E-state index is 12.9. The van der Waals surface area contributed by atoms with Gasteiger partial charge in [-0.25, -0.2) is 4.39 Å². The van der Waals surface area contributed by atoms with E-state index >= 15 is 0 Å². The van der Waals surface area contributed by atoms with E-state index in [9.17, 15) is 4.39 Å². The average Bonchev–Trinajstić information content (AvgIpc) is 2.48. The molecule has 1 unspecified atom stereocenters. The summed E-state index contributed by atoms with van der Waals surface area (Å²) in [5, 5.41) is 3.56. The van der Waals surface area contributed by atoms with Crippen molar-refractivity contribution >= 4 is 0 Å². The first-order chi connectivity index (χ1) is 10.1. The van der Waals surface area contributed by atoms with Gasteiger partial charge in [-0.05, 0) is 48.7 Å². The molecule has 1 heterocycles. The van der Waals surface area contributed by atoms with Gasteiger partial charge in [0.1, 0.15) is 11.6 Å². The Morgan fingerprint density at radius 3 is 2.62 bits per heavy atom. The minimum Gasteiger partial charge on any atom is -0.493 e. The second kappa shape index (κ2) is 5.86. The fourth-order valence-corrected chi connectivity index (χ4v) is 2.71. The van der Waals surface area contributed by atoms with Crippen LogP contribution in [0, 0.1) is 19.7 Å². The number of hydrogen-bond donors (Lipinski definition) is 1. The first kappa shape index (κ1) is 14.1. The zero-order valence-corrected chi connectivity index (χ0v) is 12.4. The summed E-state index contributed by atoms with van der Waals surface area (Å²) in [4.78, 5) is 0. The average molecular weight is 285 g/mol. The number of aryl methyl sites for hydroxylation is 2. The molecule has 1 aliphatic rings. The summed E-state index contributed by atoms with van der Waals surface area (Å²) in [6, 6.07) is 11.3. The molecular weight excluding hydrogens is 265 g/mol. The highest BCUT2D eigenvalue weighted by atomic mass is 19.1. The summed E-state index contributed by atoms with van der Waals surface area (Å²) in [5.74, 6) is 0.794. The highest BCUT2D eigenvalue weighted by Gasteiger charge is 2.21. The molecular formula is C18H20FNO. The van der Waals surface area contributed by atoms with Crippen LogP contribution in [0.5, 0.6) is 5.75 Å². The number of benzene rings is 2. The molecule has 0 aliphatic carbocycles. The van der Waals surface area contributed by atoms with Gasteiger partial charge < -0.3 is 10.1 Å². The molecule has 2 aromatic rings. The SMILES string of the molecule is Cc1cc2c(cc1C)C(NCc1ccc(F)cc1)CCO2. The Bertz CT molecular complexity index is 636. The van der Waals surface area contributed by atoms with Crippen LogP contribution in [-0.2, 0) is 6.54 Å². The molecule has 0 saturated heterocycles. The summed E-state index contributed by atoms with van der Waals surface area (Å²) in [5.41, 5.74) is 4.86. The predicted octanol–water partition coefficient (Wildman–Crippen LogP) is 4.06. The number of nitrogens with one attached hydrogen (secondary N) is 1. The van der Waals surface area contributed by atoms with Gasteiger partial charge in [0.15, 0.2) is 0 Å². The molecule has 2 aromatic carbocycles. The summed E-state index contributed by atoms with van der Waals surface area (Å²) in [6.07, 6.45) is 0.955. The van der Waals surface area contributed by atoms with Crippen LogP contribution in [0.3, 0.4) is 0 Å². The topological polar surface area (TPSA) is 21.3 Å². The van der Waals surface area contributed by atoms with Crippen molar-refractivity contribution in [2.45, 2.75) is 32.9 Å². The third-order valence-corrected chi connectivity index (χ3v) is 4.13. The number of rotatable bonds is 3. The van der Waals surface area contributed by atoms with Gasteiger partial charge >= 0.3 is 0 Å².